The molecule has 0 aliphatic carbocycles. The van der Waals surface area contributed by atoms with Crippen molar-refractivity contribution in [3.8, 4) is 5.75 Å². The number of benzene rings is 2. The number of para-hydroxylation sites is 1. The highest BCUT2D eigenvalue weighted by molar-refractivity contribution is 5.77. The van der Waals surface area contributed by atoms with Crippen molar-refractivity contribution < 1.29 is 9.53 Å². The van der Waals surface area contributed by atoms with Crippen molar-refractivity contribution in [2.75, 3.05) is 45.2 Å². The Kier molecular flexibility index (Phi) is 6.93. The Morgan fingerprint density at radius 1 is 1.11 bits per heavy atom. The second kappa shape index (κ2) is 9.60. The molecule has 1 N–H and O–H groups in total. The molecule has 5 heteroatoms. The summed E-state index contributed by atoms with van der Waals surface area (Å²) >= 11 is 0. The third kappa shape index (κ3) is 5.26. The summed E-state index contributed by atoms with van der Waals surface area (Å²) < 4.78 is 5.67. The Morgan fingerprint density at radius 3 is 2.43 bits per heavy atom. The van der Waals surface area contributed by atoms with Crippen molar-refractivity contribution >= 4 is 11.6 Å². The largest absolute Gasteiger partial charge is 0.484 e. The lowest BCUT2D eigenvalue weighted by molar-refractivity contribution is -0.123. The van der Waals surface area contributed by atoms with Crippen LogP contribution in [0, 0.1) is 6.92 Å². The number of carbonyl (C=O) groups excluding carboxylic acids is 1. The first-order chi connectivity index (χ1) is 13.5. The van der Waals surface area contributed by atoms with Gasteiger partial charge in [0.05, 0.1) is 6.04 Å². The zero-order valence-corrected chi connectivity index (χ0v) is 17.1. The van der Waals surface area contributed by atoms with E-state index in [1.165, 1.54) is 24.1 Å². The van der Waals surface area contributed by atoms with Crippen LogP contribution in [0.25, 0.3) is 0 Å². The zero-order chi connectivity index (χ0) is 19.9. The molecule has 1 atom stereocenters. The van der Waals surface area contributed by atoms with Crippen LogP contribution in [0.5, 0.6) is 5.75 Å². The van der Waals surface area contributed by atoms with Crippen LogP contribution in [0.2, 0.25) is 0 Å². The molecule has 0 radical (unpaired) electrons. The first kappa shape index (κ1) is 20.2. The third-order valence-electron chi connectivity index (χ3n) is 5.32. The predicted octanol–water partition coefficient (Wildman–Crippen LogP) is 3.39. The van der Waals surface area contributed by atoms with Gasteiger partial charge in [-0.05, 0) is 62.2 Å². The van der Waals surface area contributed by atoms with E-state index in [-0.39, 0.29) is 18.6 Å². The quantitative estimate of drug-likeness (QED) is 0.761. The molecule has 1 aliphatic rings. The van der Waals surface area contributed by atoms with Crippen LogP contribution in [0.3, 0.4) is 0 Å². The van der Waals surface area contributed by atoms with Crippen LogP contribution >= 0.6 is 0 Å². The van der Waals surface area contributed by atoms with Gasteiger partial charge in [-0.15, -0.1) is 0 Å². The summed E-state index contributed by atoms with van der Waals surface area (Å²) in [6.07, 6.45) is 2.44. The Balaban J connectivity index is 1.60. The molecule has 0 spiro atoms. The average molecular weight is 382 g/mol. The summed E-state index contributed by atoms with van der Waals surface area (Å²) in [5.74, 6) is 0.672. The summed E-state index contributed by atoms with van der Waals surface area (Å²) in [6.45, 7) is 4.77. The molecule has 150 valence electrons. The molecule has 0 aromatic heterocycles. The molecule has 0 saturated carbocycles. The van der Waals surface area contributed by atoms with Crippen molar-refractivity contribution in [3.05, 3.63) is 59.7 Å². The minimum absolute atomic E-state index is 0.0388. The monoisotopic (exact) mass is 381 g/mol. The number of ether oxygens (including phenoxy) is 1. The fourth-order valence-corrected chi connectivity index (χ4v) is 3.63. The van der Waals surface area contributed by atoms with E-state index < -0.39 is 0 Å². The third-order valence-corrected chi connectivity index (χ3v) is 5.32. The topological polar surface area (TPSA) is 44.8 Å². The molecule has 2 aromatic carbocycles. The summed E-state index contributed by atoms with van der Waals surface area (Å²) in [5, 5.41) is 3.07. The maximum Gasteiger partial charge on any atom is 0.258 e. The van der Waals surface area contributed by atoms with E-state index >= 15 is 0 Å². The van der Waals surface area contributed by atoms with E-state index in [0.29, 0.717) is 6.54 Å². The first-order valence-corrected chi connectivity index (χ1v) is 10.0. The highest BCUT2D eigenvalue weighted by Crippen LogP contribution is 2.26. The van der Waals surface area contributed by atoms with Crippen LogP contribution in [-0.2, 0) is 4.79 Å². The van der Waals surface area contributed by atoms with Gasteiger partial charge >= 0.3 is 0 Å². The molecule has 0 bridgehead atoms. The van der Waals surface area contributed by atoms with E-state index in [0.717, 1.165) is 24.4 Å². The van der Waals surface area contributed by atoms with Crippen LogP contribution in [0.1, 0.15) is 30.0 Å². The molecule has 3 rings (SSSR count). The van der Waals surface area contributed by atoms with Gasteiger partial charge in [-0.25, -0.2) is 0 Å². The van der Waals surface area contributed by atoms with Crippen LogP contribution in [-0.4, -0.2) is 51.1 Å². The fourth-order valence-electron chi connectivity index (χ4n) is 3.63. The molecule has 1 fully saturated rings. The number of rotatable bonds is 8. The van der Waals surface area contributed by atoms with Crippen molar-refractivity contribution in [1.82, 2.24) is 10.2 Å². The molecule has 1 saturated heterocycles. The minimum Gasteiger partial charge on any atom is -0.484 e. The molecule has 1 unspecified atom stereocenters. The SMILES string of the molecule is Cc1ccccc1OCC(=O)NCC(c1ccc(N(C)C)cc1)N1CCCC1. The number of nitrogens with zero attached hydrogens (tertiary/aromatic N) is 2. The lowest BCUT2D eigenvalue weighted by atomic mass is 10.0. The highest BCUT2D eigenvalue weighted by atomic mass is 16.5. The Hall–Kier alpha value is -2.53. The van der Waals surface area contributed by atoms with Gasteiger partial charge in [0.25, 0.3) is 5.91 Å². The van der Waals surface area contributed by atoms with Crippen molar-refractivity contribution in [3.63, 3.8) is 0 Å². The maximum atomic E-state index is 12.4. The van der Waals surface area contributed by atoms with Gasteiger partial charge < -0.3 is 15.0 Å². The number of amides is 1. The van der Waals surface area contributed by atoms with Crippen molar-refractivity contribution in [2.24, 2.45) is 0 Å². The van der Waals surface area contributed by atoms with Gasteiger partial charge in [-0.2, -0.15) is 0 Å². The van der Waals surface area contributed by atoms with Crippen molar-refractivity contribution in [1.29, 1.82) is 0 Å². The van der Waals surface area contributed by atoms with Crippen LogP contribution in [0.4, 0.5) is 5.69 Å². The van der Waals surface area contributed by atoms with Gasteiger partial charge in [0.2, 0.25) is 0 Å². The lowest BCUT2D eigenvalue weighted by Crippen LogP contribution is -2.38. The lowest BCUT2D eigenvalue weighted by Gasteiger charge is -2.28. The average Bonchev–Trinajstić information content (AvgIpc) is 3.22. The molecule has 2 aromatic rings. The van der Waals surface area contributed by atoms with E-state index in [1.807, 2.05) is 45.3 Å². The first-order valence-electron chi connectivity index (χ1n) is 10.0. The Labute approximate surface area is 168 Å². The summed E-state index contributed by atoms with van der Waals surface area (Å²) in [5.41, 5.74) is 3.46. The minimum atomic E-state index is -0.0858. The van der Waals surface area contributed by atoms with E-state index in [4.69, 9.17) is 4.74 Å². The molecule has 1 aliphatic heterocycles. The van der Waals surface area contributed by atoms with Crippen LogP contribution in [0.15, 0.2) is 48.5 Å². The maximum absolute atomic E-state index is 12.4. The number of carbonyl (C=O) groups is 1. The molecule has 5 nitrogen and oxygen atoms in total. The molecule has 1 heterocycles. The zero-order valence-electron chi connectivity index (χ0n) is 17.1. The number of aryl methyl sites for hydroxylation is 1. The second-order valence-electron chi connectivity index (χ2n) is 7.60. The van der Waals surface area contributed by atoms with Crippen molar-refractivity contribution in [2.45, 2.75) is 25.8 Å². The summed E-state index contributed by atoms with van der Waals surface area (Å²) in [7, 11) is 4.09. The smallest absolute Gasteiger partial charge is 0.258 e. The summed E-state index contributed by atoms with van der Waals surface area (Å²) in [4.78, 5) is 16.9. The van der Waals surface area contributed by atoms with E-state index in [2.05, 4.69) is 39.4 Å². The predicted molar refractivity (Wildman–Crippen MR) is 114 cm³/mol. The molecule has 28 heavy (non-hydrogen) atoms. The van der Waals surface area contributed by atoms with E-state index in [1.54, 1.807) is 0 Å². The Bertz CT molecular complexity index is 768. The highest BCUT2D eigenvalue weighted by Gasteiger charge is 2.24. The molecular formula is C23H31N3O2. The number of likely N-dealkylation sites (tertiary alicyclic amines) is 1. The van der Waals surface area contributed by atoms with Crippen LogP contribution < -0.4 is 15.0 Å². The number of hydrogen-bond acceptors (Lipinski definition) is 4. The van der Waals surface area contributed by atoms with Gasteiger partial charge in [-0.1, -0.05) is 30.3 Å². The fraction of sp³-hybridized carbons (Fsp3) is 0.435. The number of hydrogen-bond donors (Lipinski definition) is 1. The standard InChI is InChI=1S/C23H31N3O2/c1-18-8-4-5-9-22(18)28-17-23(27)24-16-21(26-14-6-7-15-26)19-10-12-20(13-11-19)25(2)3/h4-5,8-13,21H,6-7,14-17H2,1-3H3,(H,24,27). The number of anilines is 1. The second-order valence-corrected chi connectivity index (χ2v) is 7.60. The normalized spacial score (nSPS) is 15.2. The Morgan fingerprint density at radius 2 is 1.79 bits per heavy atom. The van der Waals surface area contributed by atoms with Gasteiger partial charge in [-0.3, -0.25) is 9.69 Å². The number of nitrogens with one attached hydrogen (secondary N) is 1. The molecule has 1 amide bonds. The van der Waals surface area contributed by atoms with Gasteiger partial charge in [0.15, 0.2) is 6.61 Å². The van der Waals surface area contributed by atoms with E-state index in [9.17, 15) is 4.79 Å². The van der Waals surface area contributed by atoms with Gasteiger partial charge in [0.1, 0.15) is 5.75 Å². The molecular weight excluding hydrogens is 350 g/mol. The summed E-state index contributed by atoms with van der Waals surface area (Å²) in [6, 6.07) is 16.6. The van der Waals surface area contributed by atoms with Gasteiger partial charge in [0, 0.05) is 26.3 Å².